The molecule has 6 heteroatoms. The monoisotopic (exact) mass is 461 g/mol. The third-order valence-corrected chi connectivity index (χ3v) is 8.17. The van der Waals surface area contributed by atoms with E-state index < -0.39 is 11.4 Å². The van der Waals surface area contributed by atoms with Gasteiger partial charge in [0.25, 0.3) is 0 Å². The Kier molecular flexibility index (Phi) is 5.51. The Morgan fingerprint density at radius 2 is 1.89 bits per heavy atom. The minimum absolute atomic E-state index is 0.129. The first-order valence-corrected chi connectivity index (χ1v) is 11.9. The van der Waals surface area contributed by atoms with Gasteiger partial charge in [0.15, 0.2) is 0 Å². The zero-order valence-corrected chi connectivity index (χ0v) is 19.1. The van der Waals surface area contributed by atoms with Gasteiger partial charge in [-0.25, -0.2) is 4.98 Å². The fourth-order valence-electron chi connectivity index (χ4n) is 4.49. The number of hydrogen-bond acceptors (Lipinski definition) is 4. The molecule has 0 saturated carbocycles. The Hall–Kier alpha value is -1.08. The molecule has 4 nitrogen and oxygen atoms in total. The number of halogens is 1. The van der Waals surface area contributed by atoms with Gasteiger partial charge in [0.2, 0.25) is 0 Å². The van der Waals surface area contributed by atoms with Crippen molar-refractivity contribution in [3.8, 4) is 0 Å². The van der Waals surface area contributed by atoms with Crippen LogP contribution in [0.4, 0.5) is 5.69 Å². The van der Waals surface area contributed by atoms with Crippen molar-refractivity contribution in [1.82, 2.24) is 9.71 Å². The lowest BCUT2D eigenvalue weighted by molar-refractivity contribution is 0.176. The molecule has 1 saturated heterocycles. The minimum Gasteiger partial charge on any atom is -0.598 e. The molecule has 1 spiro atoms. The van der Waals surface area contributed by atoms with E-state index in [1.165, 1.54) is 16.8 Å². The SMILES string of the molecule is CC(C)(C)[S@@+]([O-])N[C@@H]1c2ccccc2CC12CCN(c1ccc(Br)nc1)CC2. The van der Waals surface area contributed by atoms with Crippen molar-refractivity contribution in [3.63, 3.8) is 0 Å². The van der Waals surface area contributed by atoms with Crippen LogP contribution >= 0.6 is 15.9 Å². The smallest absolute Gasteiger partial charge is 0.136 e. The van der Waals surface area contributed by atoms with E-state index in [4.69, 9.17) is 0 Å². The molecule has 0 radical (unpaired) electrons. The highest BCUT2D eigenvalue weighted by atomic mass is 79.9. The molecule has 1 fully saturated rings. The molecule has 2 aromatic rings. The second-order valence-electron chi connectivity index (χ2n) is 9.00. The van der Waals surface area contributed by atoms with Crippen LogP contribution in [0.25, 0.3) is 0 Å². The summed E-state index contributed by atoms with van der Waals surface area (Å²) in [6.07, 6.45) is 5.16. The summed E-state index contributed by atoms with van der Waals surface area (Å²) < 4.78 is 17.1. The summed E-state index contributed by atoms with van der Waals surface area (Å²) in [5.74, 6) is 0. The fourth-order valence-corrected chi connectivity index (χ4v) is 5.67. The number of hydrogen-bond donors (Lipinski definition) is 1. The lowest BCUT2D eigenvalue weighted by Crippen LogP contribution is -2.49. The Bertz CT molecular complexity index is 828. The highest BCUT2D eigenvalue weighted by Crippen LogP contribution is 2.52. The molecule has 1 aliphatic heterocycles. The number of nitrogens with one attached hydrogen (secondary N) is 1. The van der Waals surface area contributed by atoms with Gasteiger partial charge in [-0.3, -0.25) is 0 Å². The van der Waals surface area contributed by atoms with Gasteiger partial charge in [0.1, 0.15) is 9.35 Å². The second kappa shape index (κ2) is 7.63. The van der Waals surface area contributed by atoms with Crippen molar-refractivity contribution in [2.45, 2.75) is 50.8 Å². The Labute approximate surface area is 179 Å². The van der Waals surface area contributed by atoms with Gasteiger partial charge in [-0.1, -0.05) is 24.3 Å². The maximum absolute atomic E-state index is 13.0. The number of fused-ring (bicyclic) bond motifs is 1. The average Bonchev–Trinajstić information content (AvgIpc) is 2.95. The van der Waals surface area contributed by atoms with E-state index in [0.29, 0.717) is 0 Å². The average molecular weight is 462 g/mol. The molecule has 4 rings (SSSR count). The van der Waals surface area contributed by atoms with Crippen LogP contribution in [0.1, 0.15) is 50.8 Å². The molecular formula is C22H28BrN3OS. The van der Waals surface area contributed by atoms with Crippen LogP contribution in [0.2, 0.25) is 0 Å². The summed E-state index contributed by atoms with van der Waals surface area (Å²) in [4.78, 5) is 6.80. The van der Waals surface area contributed by atoms with Gasteiger partial charge in [0.05, 0.1) is 17.9 Å². The first-order chi connectivity index (χ1) is 13.3. The number of rotatable bonds is 3. The Balaban J connectivity index is 1.56. The topological polar surface area (TPSA) is 51.2 Å². The van der Waals surface area contributed by atoms with Gasteiger partial charge >= 0.3 is 0 Å². The van der Waals surface area contributed by atoms with E-state index >= 15 is 0 Å². The Morgan fingerprint density at radius 3 is 2.54 bits per heavy atom. The first kappa shape index (κ1) is 20.2. The molecule has 2 heterocycles. The highest BCUT2D eigenvalue weighted by Gasteiger charge is 2.50. The molecule has 1 aromatic heterocycles. The van der Waals surface area contributed by atoms with Crippen molar-refractivity contribution in [3.05, 3.63) is 58.3 Å². The summed E-state index contributed by atoms with van der Waals surface area (Å²) in [6, 6.07) is 13.0. The van der Waals surface area contributed by atoms with Crippen LogP contribution in [-0.2, 0) is 17.8 Å². The molecule has 1 N–H and O–H groups in total. The van der Waals surface area contributed by atoms with Gasteiger partial charge < -0.3 is 9.45 Å². The molecule has 0 unspecified atom stereocenters. The zero-order chi connectivity index (χ0) is 19.9. The van der Waals surface area contributed by atoms with E-state index in [1.807, 2.05) is 33.0 Å². The van der Waals surface area contributed by atoms with Crippen LogP contribution in [0.3, 0.4) is 0 Å². The number of pyridine rings is 1. The van der Waals surface area contributed by atoms with Gasteiger partial charge in [-0.05, 0) is 79.2 Å². The molecule has 150 valence electrons. The molecule has 1 aliphatic carbocycles. The quantitative estimate of drug-likeness (QED) is 0.527. The summed E-state index contributed by atoms with van der Waals surface area (Å²) in [5, 5.41) is 0. The second-order valence-corrected chi connectivity index (χ2v) is 11.8. The van der Waals surface area contributed by atoms with Crippen molar-refractivity contribution in [1.29, 1.82) is 0 Å². The van der Waals surface area contributed by atoms with Crippen LogP contribution in [0.15, 0.2) is 47.2 Å². The largest absolute Gasteiger partial charge is 0.598 e. The minimum atomic E-state index is -1.09. The van der Waals surface area contributed by atoms with Gasteiger partial charge in [-0.15, -0.1) is 4.72 Å². The summed E-state index contributed by atoms with van der Waals surface area (Å²) >= 11 is 2.33. The van der Waals surface area contributed by atoms with Crippen LogP contribution in [0, 0.1) is 5.41 Å². The van der Waals surface area contributed by atoms with Crippen molar-refractivity contribution in [2.24, 2.45) is 5.41 Å². The predicted molar refractivity (Wildman–Crippen MR) is 120 cm³/mol. The predicted octanol–water partition coefficient (Wildman–Crippen LogP) is 4.78. The molecule has 2 atom stereocenters. The van der Waals surface area contributed by atoms with E-state index in [0.717, 1.165) is 37.0 Å². The van der Waals surface area contributed by atoms with E-state index in [-0.39, 0.29) is 16.2 Å². The van der Waals surface area contributed by atoms with Crippen molar-refractivity contribution in [2.75, 3.05) is 18.0 Å². The lowest BCUT2D eigenvalue weighted by Gasteiger charge is -2.44. The number of anilines is 1. The number of aromatic nitrogens is 1. The molecule has 0 bridgehead atoms. The van der Waals surface area contributed by atoms with Crippen LogP contribution in [0.5, 0.6) is 0 Å². The standard InChI is InChI=1S/C22H28BrN3OS/c1-21(2,3)28(27)25-20-18-7-5-4-6-16(18)14-22(20)10-12-26(13-11-22)17-8-9-19(23)24-15-17/h4-9,15,20,25H,10-14H2,1-3H3/t20-,28-/m1/s1. The van der Waals surface area contributed by atoms with Gasteiger partial charge in [0, 0.05) is 29.9 Å². The number of nitrogens with zero attached hydrogens (tertiary/aromatic N) is 2. The third-order valence-electron chi connectivity index (χ3n) is 6.14. The maximum Gasteiger partial charge on any atom is 0.136 e. The van der Waals surface area contributed by atoms with E-state index in [1.54, 1.807) is 0 Å². The maximum atomic E-state index is 13.0. The molecular weight excluding hydrogens is 434 g/mol. The van der Waals surface area contributed by atoms with E-state index in [9.17, 15) is 4.55 Å². The van der Waals surface area contributed by atoms with Crippen molar-refractivity contribution < 1.29 is 4.55 Å². The zero-order valence-electron chi connectivity index (χ0n) is 16.7. The fraction of sp³-hybridized carbons (Fsp3) is 0.500. The summed E-state index contributed by atoms with van der Waals surface area (Å²) in [5.41, 5.74) is 4.05. The summed E-state index contributed by atoms with van der Waals surface area (Å²) in [6.45, 7) is 8.10. The normalized spacial score (nSPS) is 22.3. The Morgan fingerprint density at radius 1 is 1.18 bits per heavy atom. The number of piperidine rings is 1. The number of benzene rings is 1. The van der Waals surface area contributed by atoms with Crippen LogP contribution in [-0.4, -0.2) is 27.4 Å². The molecule has 1 aromatic carbocycles. The van der Waals surface area contributed by atoms with E-state index in [2.05, 4.69) is 60.9 Å². The third kappa shape index (κ3) is 3.84. The first-order valence-electron chi connectivity index (χ1n) is 9.91. The molecule has 28 heavy (non-hydrogen) atoms. The lowest BCUT2D eigenvalue weighted by atomic mass is 9.73. The highest BCUT2D eigenvalue weighted by molar-refractivity contribution is 9.10. The van der Waals surface area contributed by atoms with Crippen molar-refractivity contribution >= 4 is 33.0 Å². The molecule has 2 aliphatic rings. The summed E-state index contributed by atoms with van der Waals surface area (Å²) in [7, 11) is 0. The molecule has 0 amide bonds. The van der Waals surface area contributed by atoms with Gasteiger partial charge in [-0.2, -0.15) is 0 Å². The van der Waals surface area contributed by atoms with Crippen LogP contribution < -0.4 is 9.62 Å².